The lowest BCUT2D eigenvalue weighted by Gasteiger charge is -2.15. The van der Waals surface area contributed by atoms with Crippen molar-refractivity contribution in [2.45, 2.75) is 28.5 Å². The molecular weight excluding hydrogens is 322 g/mol. The van der Waals surface area contributed by atoms with Crippen molar-refractivity contribution in [3.05, 3.63) is 71.8 Å². The summed E-state index contributed by atoms with van der Waals surface area (Å²) in [5.41, 5.74) is 2.58. The second-order valence-corrected chi connectivity index (χ2v) is 7.94. The highest BCUT2D eigenvalue weighted by Gasteiger charge is 2.23. The number of nitrogens with one attached hydrogen (secondary N) is 1. The fourth-order valence-corrected chi connectivity index (χ4v) is 4.55. The van der Waals surface area contributed by atoms with Gasteiger partial charge in [0.2, 0.25) is 5.13 Å². The van der Waals surface area contributed by atoms with Crippen LogP contribution >= 0.6 is 23.1 Å². The first kappa shape index (κ1) is 14.7. The van der Waals surface area contributed by atoms with Gasteiger partial charge in [-0.15, -0.1) is 10.2 Å². The minimum absolute atomic E-state index is 0.235. The van der Waals surface area contributed by atoms with Crippen LogP contribution in [0.5, 0.6) is 0 Å². The molecule has 1 heterocycles. The third-order valence-corrected chi connectivity index (χ3v) is 5.99. The topological polar surface area (TPSA) is 37.8 Å². The molecule has 0 bridgehead atoms. The van der Waals surface area contributed by atoms with E-state index in [1.807, 2.05) is 0 Å². The molecular formula is C18H17N3S2. The zero-order valence-electron chi connectivity index (χ0n) is 12.6. The molecule has 4 rings (SSSR count). The van der Waals surface area contributed by atoms with E-state index in [-0.39, 0.29) is 5.25 Å². The summed E-state index contributed by atoms with van der Waals surface area (Å²) < 4.78 is 1.01. The Balaban J connectivity index is 1.59. The Morgan fingerprint density at radius 1 is 0.913 bits per heavy atom. The predicted molar refractivity (Wildman–Crippen MR) is 97.1 cm³/mol. The third kappa shape index (κ3) is 3.74. The first-order valence-corrected chi connectivity index (χ1v) is 9.45. The number of thioether (sulfide) groups is 1. The van der Waals surface area contributed by atoms with E-state index in [9.17, 15) is 0 Å². The summed E-state index contributed by atoms with van der Waals surface area (Å²) in [7, 11) is 0. The van der Waals surface area contributed by atoms with Crippen LogP contribution in [0.15, 0.2) is 65.0 Å². The van der Waals surface area contributed by atoms with Gasteiger partial charge < -0.3 is 5.32 Å². The highest BCUT2D eigenvalue weighted by atomic mass is 32.2. The largest absolute Gasteiger partial charge is 0.357 e. The van der Waals surface area contributed by atoms with Crippen molar-refractivity contribution in [2.75, 3.05) is 5.32 Å². The molecule has 1 aliphatic rings. The van der Waals surface area contributed by atoms with Crippen LogP contribution in [0.3, 0.4) is 0 Å². The summed E-state index contributed by atoms with van der Waals surface area (Å²) in [4.78, 5) is 0. The van der Waals surface area contributed by atoms with Crippen LogP contribution in [0.1, 0.15) is 29.2 Å². The molecule has 0 atom stereocenters. The minimum atomic E-state index is 0.235. The number of nitrogens with zero attached hydrogens (tertiary/aromatic N) is 2. The smallest absolute Gasteiger partial charge is 0.206 e. The molecule has 23 heavy (non-hydrogen) atoms. The van der Waals surface area contributed by atoms with Gasteiger partial charge >= 0.3 is 0 Å². The summed E-state index contributed by atoms with van der Waals surface area (Å²) in [5, 5.41) is 13.2. The van der Waals surface area contributed by atoms with Crippen LogP contribution < -0.4 is 5.32 Å². The maximum Gasteiger partial charge on any atom is 0.206 e. The van der Waals surface area contributed by atoms with Crippen LogP contribution in [-0.4, -0.2) is 16.2 Å². The van der Waals surface area contributed by atoms with E-state index >= 15 is 0 Å². The third-order valence-electron chi connectivity index (χ3n) is 3.73. The predicted octanol–water partition coefficient (Wildman–Crippen LogP) is 4.99. The van der Waals surface area contributed by atoms with E-state index in [1.54, 1.807) is 23.1 Å². The fourth-order valence-electron chi connectivity index (χ4n) is 2.40. The Kier molecular flexibility index (Phi) is 4.30. The molecule has 3 nitrogen and oxygen atoms in total. The van der Waals surface area contributed by atoms with Gasteiger partial charge in [-0.3, -0.25) is 0 Å². The maximum absolute atomic E-state index is 4.36. The van der Waals surface area contributed by atoms with Gasteiger partial charge in [0.05, 0.1) is 5.25 Å². The molecule has 2 aromatic carbocycles. The Morgan fingerprint density at radius 2 is 1.52 bits per heavy atom. The molecule has 0 spiro atoms. The molecule has 1 aliphatic carbocycles. The van der Waals surface area contributed by atoms with Crippen molar-refractivity contribution in [1.82, 2.24) is 10.2 Å². The van der Waals surface area contributed by atoms with Gasteiger partial charge in [0.1, 0.15) is 0 Å². The lowest BCUT2D eigenvalue weighted by molar-refractivity contribution is 0.990. The summed E-state index contributed by atoms with van der Waals surface area (Å²) in [6, 6.07) is 21.8. The molecule has 0 aliphatic heterocycles. The number of benzene rings is 2. The normalized spacial score (nSPS) is 14.1. The highest BCUT2D eigenvalue weighted by Crippen LogP contribution is 2.42. The molecule has 1 fully saturated rings. The van der Waals surface area contributed by atoms with Crippen LogP contribution in [0.4, 0.5) is 5.13 Å². The Hall–Kier alpha value is -1.85. The van der Waals surface area contributed by atoms with Gasteiger partial charge in [0.25, 0.3) is 0 Å². The number of rotatable bonds is 6. The molecule has 0 amide bonds. The van der Waals surface area contributed by atoms with Crippen LogP contribution in [0, 0.1) is 0 Å². The van der Waals surface area contributed by atoms with Crippen molar-refractivity contribution in [3.63, 3.8) is 0 Å². The van der Waals surface area contributed by atoms with Gasteiger partial charge in [-0.1, -0.05) is 83.8 Å². The lowest BCUT2D eigenvalue weighted by Crippen LogP contribution is -1.99. The monoisotopic (exact) mass is 339 g/mol. The van der Waals surface area contributed by atoms with Crippen molar-refractivity contribution >= 4 is 28.2 Å². The van der Waals surface area contributed by atoms with Gasteiger partial charge in [0, 0.05) is 6.04 Å². The van der Waals surface area contributed by atoms with Crippen molar-refractivity contribution in [3.8, 4) is 0 Å². The van der Waals surface area contributed by atoms with Crippen LogP contribution in [0.25, 0.3) is 0 Å². The van der Waals surface area contributed by atoms with Crippen molar-refractivity contribution in [2.24, 2.45) is 0 Å². The highest BCUT2D eigenvalue weighted by molar-refractivity contribution is 8.01. The lowest BCUT2D eigenvalue weighted by atomic mass is 10.0. The van der Waals surface area contributed by atoms with E-state index in [1.165, 1.54) is 24.0 Å². The van der Waals surface area contributed by atoms with E-state index in [4.69, 9.17) is 0 Å². The number of aromatic nitrogens is 2. The number of hydrogen-bond acceptors (Lipinski definition) is 5. The fraction of sp³-hybridized carbons (Fsp3) is 0.222. The summed E-state index contributed by atoms with van der Waals surface area (Å²) in [5.74, 6) is 0. The SMILES string of the molecule is c1ccc(C(Sc2nnc(NC3CC3)s2)c2ccccc2)cc1. The molecule has 0 radical (unpaired) electrons. The molecule has 0 saturated heterocycles. The van der Waals surface area contributed by atoms with E-state index in [0.29, 0.717) is 6.04 Å². The Bertz CT molecular complexity index is 715. The Morgan fingerprint density at radius 3 is 2.09 bits per heavy atom. The van der Waals surface area contributed by atoms with Crippen molar-refractivity contribution in [1.29, 1.82) is 0 Å². The summed E-state index contributed by atoms with van der Waals surface area (Å²) >= 11 is 3.42. The zero-order chi connectivity index (χ0) is 15.5. The molecule has 0 unspecified atom stereocenters. The molecule has 1 N–H and O–H groups in total. The number of hydrogen-bond donors (Lipinski definition) is 1. The van der Waals surface area contributed by atoms with Crippen LogP contribution in [0.2, 0.25) is 0 Å². The van der Waals surface area contributed by atoms with Crippen LogP contribution in [-0.2, 0) is 0 Å². The van der Waals surface area contributed by atoms with E-state index in [2.05, 4.69) is 76.2 Å². The molecule has 1 saturated carbocycles. The minimum Gasteiger partial charge on any atom is -0.357 e. The molecule has 3 aromatic rings. The molecule has 1 aromatic heterocycles. The second kappa shape index (κ2) is 6.72. The summed E-state index contributed by atoms with van der Waals surface area (Å²) in [6.45, 7) is 0. The number of anilines is 1. The average Bonchev–Trinajstić information content (AvgIpc) is 3.31. The average molecular weight is 339 g/mol. The van der Waals surface area contributed by atoms with Gasteiger partial charge in [0.15, 0.2) is 4.34 Å². The van der Waals surface area contributed by atoms with Gasteiger partial charge in [-0.05, 0) is 24.0 Å². The zero-order valence-corrected chi connectivity index (χ0v) is 14.2. The standard InChI is InChI=1S/C18H17N3S2/c1-3-7-13(8-4-1)16(14-9-5-2-6-10-14)22-18-21-20-17(23-18)19-15-11-12-15/h1-10,15-16H,11-12H2,(H,19,20). The maximum atomic E-state index is 4.36. The first-order chi connectivity index (χ1) is 11.4. The Labute approximate surface area is 144 Å². The quantitative estimate of drug-likeness (QED) is 0.642. The summed E-state index contributed by atoms with van der Waals surface area (Å²) in [6.07, 6.45) is 2.50. The van der Waals surface area contributed by atoms with Gasteiger partial charge in [-0.2, -0.15) is 0 Å². The molecule has 5 heteroatoms. The van der Waals surface area contributed by atoms with Crippen molar-refractivity contribution < 1.29 is 0 Å². The van der Waals surface area contributed by atoms with Gasteiger partial charge in [-0.25, -0.2) is 0 Å². The van der Waals surface area contributed by atoms with E-state index in [0.717, 1.165) is 9.47 Å². The molecule has 116 valence electrons. The second-order valence-electron chi connectivity index (χ2n) is 5.61. The van der Waals surface area contributed by atoms with E-state index < -0.39 is 0 Å². The first-order valence-electron chi connectivity index (χ1n) is 7.75.